The first-order valence-electron chi connectivity index (χ1n) is 11.5. The van der Waals surface area contributed by atoms with Crippen LogP contribution >= 0.6 is 11.8 Å². The van der Waals surface area contributed by atoms with Gasteiger partial charge >= 0.3 is 0 Å². The third kappa shape index (κ3) is 8.71. The highest BCUT2D eigenvalue weighted by Gasteiger charge is 2.12. The van der Waals surface area contributed by atoms with Gasteiger partial charge in [0.1, 0.15) is 5.75 Å². The van der Waals surface area contributed by atoms with Gasteiger partial charge in [0.25, 0.3) is 0 Å². The average Bonchev–Trinajstić information content (AvgIpc) is 3.32. The zero-order chi connectivity index (χ0) is 23.9. The van der Waals surface area contributed by atoms with Crippen molar-refractivity contribution in [3.63, 3.8) is 0 Å². The molecule has 0 saturated carbocycles. The predicted octanol–water partition coefficient (Wildman–Crippen LogP) is 7.44. The minimum atomic E-state index is 0.431. The number of ether oxygens (including phenoxy) is 2. The van der Waals surface area contributed by atoms with Gasteiger partial charge in [0.15, 0.2) is 11.0 Å². The summed E-state index contributed by atoms with van der Waals surface area (Å²) >= 11 is 1.61. The number of anilines is 1. The number of rotatable bonds is 9. The van der Waals surface area contributed by atoms with Crippen molar-refractivity contribution in [2.75, 3.05) is 19.0 Å². The minimum absolute atomic E-state index is 0.431. The standard InChI is InChI=1S/C15H15N3O2S.C8H18O.C2H6/c1-3-19-10-5-4-6-11(9-10)21-13-8-7-12(16-2)14-15(13)18-20-17-14;1-5-7(3)9-8(4)6-2;1-2/h4-9,16H,3H2,1-2H3;7-8H,5-6H2,1-4H3;1-2H3. The van der Waals surface area contributed by atoms with Gasteiger partial charge in [-0.15, -0.1) is 0 Å². The molecule has 0 aliphatic carbocycles. The van der Waals surface area contributed by atoms with Crippen LogP contribution < -0.4 is 10.1 Å². The van der Waals surface area contributed by atoms with Gasteiger partial charge in [-0.25, -0.2) is 4.63 Å². The molecule has 2 aromatic carbocycles. The van der Waals surface area contributed by atoms with Crippen LogP contribution in [0.2, 0.25) is 0 Å². The molecule has 1 N–H and O–H groups in total. The molecule has 3 rings (SSSR count). The molecule has 0 fully saturated rings. The molecule has 1 heterocycles. The molecule has 0 saturated heterocycles. The second-order valence-electron chi connectivity index (χ2n) is 6.91. The van der Waals surface area contributed by atoms with E-state index in [1.165, 1.54) is 0 Å². The maximum absolute atomic E-state index is 5.55. The molecule has 6 nitrogen and oxygen atoms in total. The van der Waals surface area contributed by atoms with Gasteiger partial charge in [-0.2, -0.15) is 0 Å². The molecule has 0 spiro atoms. The van der Waals surface area contributed by atoms with E-state index in [0.29, 0.717) is 18.8 Å². The van der Waals surface area contributed by atoms with Crippen LogP contribution in [-0.2, 0) is 4.74 Å². The zero-order valence-electron chi connectivity index (χ0n) is 20.8. The van der Waals surface area contributed by atoms with Gasteiger partial charge in [-0.3, -0.25) is 0 Å². The van der Waals surface area contributed by atoms with Crippen molar-refractivity contribution in [1.29, 1.82) is 0 Å². The number of benzene rings is 2. The molecule has 7 heteroatoms. The normalized spacial score (nSPS) is 12.1. The molecule has 0 aliphatic heterocycles. The van der Waals surface area contributed by atoms with Crippen molar-refractivity contribution < 1.29 is 14.1 Å². The lowest BCUT2D eigenvalue weighted by Crippen LogP contribution is -2.14. The fourth-order valence-electron chi connectivity index (χ4n) is 2.64. The monoisotopic (exact) mass is 461 g/mol. The molecule has 0 bridgehead atoms. The van der Waals surface area contributed by atoms with Crippen molar-refractivity contribution in [3.05, 3.63) is 36.4 Å². The molecule has 1 aromatic heterocycles. The fraction of sp³-hybridized carbons (Fsp3) is 0.520. The number of nitrogens with one attached hydrogen (secondary N) is 1. The van der Waals surface area contributed by atoms with Gasteiger partial charge in [-0.1, -0.05) is 45.5 Å². The minimum Gasteiger partial charge on any atom is -0.494 e. The second kappa shape index (κ2) is 15.5. The topological polar surface area (TPSA) is 69.4 Å². The Labute approximate surface area is 197 Å². The van der Waals surface area contributed by atoms with Crippen molar-refractivity contribution >= 4 is 28.5 Å². The van der Waals surface area contributed by atoms with Gasteiger partial charge < -0.3 is 14.8 Å². The lowest BCUT2D eigenvalue weighted by Gasteiger charge is -2.15. The van der Waals surface area contributed by atoms with Crippen molar-refractivity contribution in [1.82, 2.24) is 10.3 Å². The number of hydrogen-bond acceptors (Lipinski definition) is 7. The lowest BCUT2D eigenvalue weighted by molar-refractivity contribution is 0.00511. The smallest absolute Gasteiger partial charge is 0.159 e. The molecular weight excluding hydrogens is 422 g/mol. The fourth-order valence-corrected chi connectivity index (χ4v) is 3.58. The Morgan fingerprint density at radius 1 is 0.969 bits per heavy atom. The Morgan fingerprint density at radius 3 is 2.22 bits per heavy atom. The van der Waals surface area contributed by atoms with E-state index in [1.54, 1.807) is 11.8 Å². The Bertz CT molecular complexity index is 893. The molecule has 2 atom stereocenters. The highest BCUT2D eigenvalue weighted by molar-refractivity contribution is 7.99. The molecule has 0 aliphatic rings. The van der Waals surface area contributed by atoms with E-state index < -0.39 is 0 Å². The van der Waals surface area contributed by atoms with Crippen LogP contribution in [0.3, 0.4) is 0 Å². The molecule has 0 radical (unpaired) electrons. The van der Waals surface area contributed by atoms with Crippen LogP contribution in [0.5, 0.6) is 5.75 Å². The number of hydrogen-bond donors (Lipinski definition) is 1. The van der Waals surface area contributed by atoms with E-state index in [9.17, 15) is 0 Å². The summed E-state index contributed by atoms with van der Waals surface area (Å²) in [5.41, 5.74) is 2.40. The van der Waals surface area contributed by atoms with Crippen LogP contribution in [0, 0.1) is 0 Å². The van der Waals surface area contributed by atoms with Gasteiger partial charge in [0, 0.05) is 16.8 Å². The first kappa shape index (κ1) is 27.8. The van der Waals surface area contributed by atoms with Gasteiger partial charge in [0.05, 0.1) is 24.5 Å². The van der Waals surface area contributed by atoms with Crippen molar-refractivity contribution in [3.8, 4) is 5.75 Å². The summed E-state index contributed by atoms with van der Waals surface area (Å²) < 4.78 is 15.9. The Hall–Kier alpha value is -2.25. The molecule has 3 aromatic rings. The molecule has 0 amide bonds. The summed E-state index contributed by atoms with van der Waals surface area (Å²) in [5, 5.41) is 11.0. The van der Waals surface area contributed by atoms with E-state index in [4.69, 9.17) is 14.1 Å². The summed E-state index contributed by atoms with van der Waals surface area (Å²) in [4.78, 5) is 2.08. The lowest BCUT2D eigenvalue weighted by atomic mass is 10.2. The highest BCUT2D eigenvalue weighted by atomic mass is 32.2. The van der Waals surface area contributed by atoms with E-state index in [0.717, 1.165) is 45.1 Å². The number of nitrogens with zero attached hydrogens (tertiary/aromatic N) is 2. The Kier molecular flexibility index (Phi) is 13.5. The third-order valence-electron chi connectivity index (χ3n) is 4.61. The number of fused-ring (bicyclic) bond motifs is 1. The van der Waals surface area contributed by atoms with Crippen molar-refractivity contribution in [2.45, 2.75) is 83.3 Å². The first-order valence-corrected chi connectivity index (χ1v) is 12.3. The molecular formula is C25H39N3O3S. The van der Waals surface area contributed by atoms with Gasteiger partial charge in [0.2, 0.25) is 0 Å². The Balaban J connectivity index is 0.000000396. The summed E-state index contributed by atoms with van der Waals surface area (Å²) in [6.07, 6.45) is 3.09. The Morgan fingerprint density at radius 2 is 1.62 bits per heavy atom. The van der Waals surface area contributed by atoms with Crippen LogP contribution in [0.15, 0.2) is 50.8 Å². The van der Waals surface area contributed by atoms with Crippen LogP contribution in [-0.4, -0.2) is 36.2 Å². The molecule has 2 unspecified atom stereocenters. The zero-order valence-corrected chi connectivity index (χ0v) is 21.6. The van der Waals surface area contributed by atoms with Gasteiger partial charge in [-0.05, 0) is 74.3 Å². The van der Waals surface area contributed by atoms with E-state index in [-0.39, 0.29) is 0 Å². The van der Waals surface area contributed by atoms with E-state index >= 15 is 0 Å². The summed E-state index contributed by atoms with van der Waals surface area (Å²) in [6, 6.07) is 12.0. The SMILES string of the molecule is CC.CCC(C)OC(C)CC.CCOc1cccc(Sc2ccc(NC)c3nonc23)c1. The molecule has 178 valence electrons. The second-order valence-corrected chi connectivity index (χ2v) is 8.02. The van der Waals surface area contributed by atoms with E-state index in [2.05, 4.69) is 43.3 Å². The van der Waals surface area contributed by atoms with E-state index in [1.807, 2.05) is 64.2 Å². The number of aromatic nitrogens is 2. The maximum Gasteiger partial charge on any atom is 0.159 e. The van der Waals surface area contributed by atoms with Crippen LogP contribution in [0.1, 0.15) is 61.3 Å². The summed E-state index contributed by atoms with van der Waals surface area (Å²) in [7, 11) is 1.85. The van der Waals surface area contributed by atoms with Crippen LogP contribution in [0.25, 0.3) is 11.0 Å². The largest absolute Gasteiger partial charge is 0.494 e. The maximum atomic E-state index is 5.55. The van der Waals surface area contributed by atoms with Crippen molar-refractivity contribution in [2.24, 2.45) is 0 Å². The summed E-state index contributed by atoms with van der Waals surface area (Å²) in [5.74, 6) is 0.865. The quantitative estimate of drug-likeness (QED) is 0.355. The average molecular weight is 462 g/mol. The van der Waals surface area contributed by atoms with Crippen LogP contribution in [0.4, 0.5) is 5.69 Å². The first-order chi connectivity index (χ1) is 15.5. The highest BCUT2D eigenvalue weighted by Crippen LogP contribution is 2.36. The summed E-state index contributed by atoms with van der Waals surface area (Å²) in [6.45, 7) is 15.2. The third-order valence-corrected chi connectivity index (χ3v) is 5.65. The molecule has 32 heavy (non-hydrogen) atoms. The predicted molar refractivity (Wildman–Crippen MR) is 135 cm³/mol.